The monoisotopic (exact) mass is 452 g/mol. The molecule has 2 aliphatic rings. The molecule has 0 radical (unpaired) electrons. The van der Waals surface area contributed by atoms with Crippen molar-refractivity contribution in [2.75, 3.05) is 25.0 Å². The Labute approximate surface area is 202 Å². The Morgan fingerprint density at radius 2 is 2.03 bits per heavy atom. The number of aromatic nitrogens is 1. The lowest BCUT2D eigenvalue weighted by Gasteiger charge is -2.27. The van der Waals surface area contributed by atoms with E-state index in [0.29, 0.717) is 17.4 Å². The topological polar surface area (TPSA) is 70.0 Å². The van der Waals surface area contributed by atoms with Crippen molar-refractivity contribution in [1.82, 2.24) is 10.3 Å². The van der Waals surface area contributed by atoms with Crippen LogP contribution in [0.25, 0.3) is 5.57 Å². The molecule has 0 unspecified atom stereocenters. The van der Waals surface area contributed by atoms with Crippen molar-refractivity contribution in [3.8, 4) is 11.9 Å². The summed E-state index contributed by atoms with van der Waals surface area (Å²) in [5, 5.41) is 15.9. The SMILES string of the molecule is CC1=C=C(C(C)C)C=CC(c2cnc3c(c2)NC[C@@H](CNCCc2ccc(C#N)cc2)O3)=C1C. The predicted octanol–water partition coefficient (Wildman–Crippen LogP) is 5.43. The lowest BCUT2D eigenvalue weighted by atomic mass is 9.98. The number of nitrogens with zero attached hydrogens (tertiary/aromatic N) is 2. The van der Waals surface area contributed by atoms with Crippen molar-refractivity contribution in [3.63, 3.8) is 0 Å². The van der Waals surface area contributed by atoms with Gasteiger partial charge in [-0.3, -0.25) is 0 Å². The van der Waals surface area contributed by atoms with E-state index in [-0.39, 0.29) is 6.10 Å². The molecule has 0 saturated heterocycles. The molecule has 0 saturated carbocycles. The average Bonchev–Trinajstić information content (AvgIpc) is 3.00. The Balaban J connectivity index is 1.35. The Kier molecular flexibility index (Phi) is 7.33. The van der Waals surface area contributed by atoms with Crippen LogP contribution in [0.3, 0.4) is 0 Å². The zero-order valence-electron chi connectivity index (χ0n) is 20.4. The molecule has 34 heavy (non-hydrogen) atoms. The molecule has 4 rings (SSSR count). The minimum absolute atomic E-state index is 0.0218. The fourth-order valence-electron chi connectivity index (χ4n) is 4.10. The zero-order chi connectivity index (χ0) is 24.1. The van der Waals surface area contributed by atoms with Gasteiger partial charge in [-0.05, 0) is 78.8 Å². The quantitative estimate of drug-likeness (QED) is 0.433. The number of fused-ring (bicyclic) bond motifs is 1. The molecule has 0 bridgehead atoms. The largest absolute Gasteiger partial charge is 0.470 e. The van der Waals surface area contributed by atoms with Gasteiger partial charge in [0.1, 0.15) is 6.10 Å². The van der Waals surface area contributed by atoms with E-state index in [1.54, 1.807) is 0 Å². The molecule has 0 spiro atoms. The summed E-state index contributed by atoms with van der Waals surface area (Å²) in [7, 11) is 0. The second-order valence-electron chi connectivity index (χ2n) is 9.19. The van der Waals surface area contributed by atoms with Gasteiger partial charge in [-0.1, -0.05) is 38.1 Å². The Bertz CT molecular complexity index is 1220. The number of allylic oxidation sites excluding steroid dienone is 5. The molecule has 1 aliphatic carbocycles. The lowest BCUT2D eigenvalue weighted by molar-refractivity contribution is 0.194. The third kappa shape index (κ3) is 5.48. The van der Waals surface area contributed by atoms with E-state index in [1.165, 1.54) is 22.3 Å². The van der Waals surface area contributed by atoms with E-state index in [2.05, 4.69) is 73.3 Å². The minimum atomic E-state index is 0.0218. The van der Waals surface area contributed by atoms with Crippen LogP contribution >= 0.6 is 0 Å². The van der Waals surface area contributed by atoms with Crippen LogP contribution in [-0.2, 0) is 6.42 Å². The maximum atomic E-state index is 8.90. The van der Waals surface area contributed by atoms with Gasteiger partial charge in [0.2, 0.25) is 5.88 Å². The van der Waals surface area contributed by atoms with E-state index in [0.717, 1.165) is 42.9 Å². The van der Waals surface area contributed by atoms with Gasteiger partial charge in [0, 0.05) is 18.3 Å². The molecule has 2 N–H and O–H groups in total. The summed E-state index contributed by atoms with van der Waals surface area (Å²) in [6.45, 7) is 11.0. The number of nitrogens with one attached hydrogen (secondary N) is 2. The molecule has 2 aromatic rings. The molecule has 5 nitrogen and oxygen atoms in total. The van der Waals surface area contributed by atoms with E-state index in [4.69, 9.17) is 10.00 Å². The standard InChI is InChI=1S/C29H32N4O/c1-19(2)24-9-10-27(21(4)20(3)13-24)25-14-28-29(33-16-25)34-26(18-32-28)17-31-12-11-22-5-7-23(15-30)8-6-22/h5-10,14,16,19,26,31-32H,11-12,17-18H2,1-4H3/t26-/m1/s1. The molecule has 1 aromatic heterocycles. The van der Waals surface area contributed by atoms with Crippen molar-refractivity contribution in [2.24, 2.45) is 5.92 Å². The van der Waals surface area contributed by atoms with E-state index < -0.39 is 0 Å². The maximum absolute atomic E-state index is 8.90. The van der Waals surface area contributed by atoms with Crippen LogP contribution in [0.1, 0.15) is 44.4 Å². The second kappa shape index (κ2) is 10.6. The minimum Gasteiger partial charge on any atom is -0.470 e. The van der Waals surface area contributed by atoms with Gasteiger partial charge in [-0.25, -0.2) is 4.98 Å². The fraction of sp³-hybridized carbons (Fsp3) is 0.345. The highest BCUT2D eigenvalue weighted by molar-refractivity contribution is 5.82. The van der Waals surface area contributed by atoms with Crippen molar-refractivity contribution in [3.05, 3.63) is 87.8 Å². The summed E-state index contributed by atoms with van der Waals surface area (Å²) < 4.78 is 6.15. The Morgan fingerprint density at radius 1 is 1.24 bits per heavy atom. The van der Waals surface area contributed by atoms with E-state index in [9.17, 15) is 0 Å². The molecular weight excluding hydrogens is 420 g/mol. The van der Waals surface area contributed by atoms with E-state index in [1.807, 2.05) is 30.5 Å². The number of hydrogen-bond donors (Lipinski definition) is 2. The molecule has 1 aliphatic heterocycles. The third-order valence-corrected chi connectivity index (χ3v) is 6.36. The van der Waals surface area contributed by atoms with Crippen molar-refractivity contribution in [2.45, 2.75) is 40.2 Å². The van der Waals surface area contributed by atoms with Crippen molar-refractivity contribution < 1.29 is 4.74 Å². The summed E-state index contributed by atoms with van der Waals surface area (Å²) in [5.74, 6) is 1.09. The molecule has 0 fully saturated rings. The van der Waals surface area contributed by atoms with E-state index >= 15 is 0 Å². The van der Waals surface area contributed by atoms with Gasteiger partial charge in [0.05, 0.1) is 23.9 Å². The van der Waals surface area contributed by atoms with Crippen molar-refractivity contribution in [1.29, 1.82) is 5.26 Å². The first kappa shape index (κ1) is 23.6. The number of hydrogen-bond acceptors (Lipinski definition) is 5. The van der Waals surface area contributed by atoms with Crippen LogP contribution in [0, 0.1) is 17.2 Å². The zero-order valence-corrected chi connectivity index (χ0v) is 20.4. The number of pyridine rings is 1. The molecule has 174 valence electrons. The number of anilines is 1. The molecule has 2 heterocycles. The van der Waals surface area contributed by atoms with Crippen LogP contribution in [0.5, 0.6) is 5.88 Å². The first-order valence-electron chi connectivity index (χ1n) is 11.9. The third-order valence-electron chi connectivity index (χ3n) is 6.36. The molecule has 0 amide bonds. The summed E-state index contributed by atoms with van der Waals surface area (Å²) in [5.41, 5.74) is 12.2. The van der Waals surface area contributed by atoms with Crippen LogP contribution in [0.4, 0.5) is 5.69 Å². The van der Waals surface area contributed by atoms with Gasteiger partial charge in [-0.2, -0.15) is 5.26 Å². The summed E-state index contributed by atoms with van der Waals surface area (Å²) in [6, 6.07) is 12.0. The number of ether oxygens (including phenoxy) is 1. The van der Waals surface area contributed by atoms with Gasteiger partial charge >= 0.3 is 0 Å². The summed E-state index contributed by atoms with van der Waals surface area (Å²) in [4.78, 5) is 4.64. The predicted molar refractivity (Wildman–Crippen MR) is 138 cm³/mol. The summed E-state index contributed by atoms with van der Waals surface area (Å²) >= 11 is 0. The van der Waals surface area contributed by atoms with Crippen LogP contribution < -0.4 is 15.4 Å². The van der Waals surface area contributed by atoms with Gasteiger partial charge in [0.15, 0.2) is 0 Å². The van der Waals surface area contributed by atoms with Crippen LogP contribution in [0.2, 0.25) is 0 Å². The smallest absolute Gasteiger partial charge is 0.237 e. The fourth-order valence-corrected chi connectivity index (χ4v) is 4.10. The van der Waals surface area contributed by atoms with Crippen LogP contribution in [-0.4, -0.2) is 30.7 Å². The maximum Gasteiger partial charge on any atom is 0.237 e. The summed E-state index contributed by atoms with van der Waals surface area (Å²) in [6.07, 6.45) is 7.18. The van der Waals surface area contributed by atoms with Gasteiger partial charge in [-0.15, -0.1) is 5.73 Å². The first-order valence-corrected chi connectivity index (χ1v) is 11.9. The Hall–Kier alpha value is -3.58. The van der Waals surface area contributed by atoms with Crippen molar-refractivity contribution >= 4 is 11.3 Å². The highest BCUT2D eigenvalue weighted by Gasteiger charge is 2.21. The number of nitriles is 1. The molecule has 1 atom stereocenters. The highest BCUT2D eigenvalue weighted by Crippen LogP contribution is 2.33. The number of benzene rings is 1. The molecule has 5 heteroatoms. The van der Waals surface area contributed by atoms with Gasteiger partial charge in [0.25, 0.3) is 0 Å². The highest BCUT2D eigenvalue weighted by atomic mass is 16.5. The number of rotatable bonds is 7. The second-order valence-corrected chi connectivity index (χ2v) is 9.19. The average molecular weight is 453 g/mol. The normalized spacial score (nSPS) is 17.2. The van der Waals surface area contributed by atoms with Crippen LogP contribution in [0.15, 0.2) is 71.1 Å². The molecular formula is C29H32N4O. The molecule has 1 aromatic carbocycles. The van der Waals surface area contributed by atoms with Gasteiger partial charge < -0.3 is 15.4 Å². The first-order chi connectivity index (χ1) is 16.4. The Morgan fingerprint density at radius 3 is 2.76 bits per heavy atom. The lowest BCUT2D eigenvalue weighted by Crippen LogP contribution is -2.40.